The lowest BCUT2D eigenvalue weighted by molar-refractivity contribution is -0.00390. The maximum Gasteiger partial charge on any atom is 0.510 e. The van der Waals surface area contributed by atoms with E-state index in [1.165, 1.54) is 4.68 Å². The molecule has 0 radical (unpaired) electrons. The number of ether oxygens (including phenoxy) is 4. The van der Waals surface area contributed by atoms with Crippen LogP contribution in [0.4, 0.5) is 10.6 Å². The van der Waals surface area contributed by atoms with Gasteiger partial charge in [0.2, 0.25) is 0 Å². The highest BCUT2D eigenvalue weighted by molar-refractivity contribution is 6.33. The van der Waals surface area contributed by atoms with Crippen molar-refractivity contribution >= 4 is 23.6 Å². The highest BCUT2D eigenvalue weighted by Crippen LogP contribution is 2.33. The zero-order valence-electron chi connectivity index (χ0n) is 28.4. The molecule has 5 rings (SSSR count). The Morgan fingerprint density at radius 2 is 2.02 bits per heavy atom. The molecular weight excluding hydrogens is 650 g/mol. The van der Waals surface area contributed by atoms with Gasteiger partial charge in [0.05, 0.1) is 35.4 Å². The van der Waals surface area contributed by atoms with Crippen LogP contribution in [0.25, 0.3) is 11.3 Å². The maximum atomic E-state index is 11.6. The topological polar surface area (TPSA) is 171 Å². The Morgan fingerprint density at radius 1 is 1.22 bits per heavy atom. The van der Waals surface area contributed by atoms with Crippen LogP contribution in [-0.2, 0) is 32.0 Å². The monoisotopic (exact) mass is 695 g/mol. The Balaban J connectivity index is 1.06. The molecule has 264 valence electrons. The summed E-state index contributed by atoms with van der Waals surface area (Å²) in [6.07, 6.45) is 6.88. The molecule has 2 aliphatic rings. The number of nitrogens with zero attached hydrogens (tertiary/aromatic N) is 7. The molecule has 0 bridgehead atoms. The molecule has 1 unspecified atom stereocenters. The molecule has 0 amide bonds. The van der Waals surface area contributed by atoms with Gasteiger partial charge < -0.3 is 29.6 Å². The van der Waals surface area contributed by atoms with Crippen LogP contribution >= 0.6 is 11.6 Å². The van der Waals surface area contributed by atoms with Crippen LogP contribution in [0.3, 0.4) is 0 Å². The van der Waals surface area contributed by atoms with Gasteiger partial charge in [-0.3, -0.25) is 4.98 Å². The first-order chi connectivity index (χ1) is 23.8. The van der Waals surface area contributed by atoms with Gasteiger partial charge in [0.15, 0.2) is 12.1 Å². The molecule has 2 fully saturated rings. The fraction of sp³-hybridized carbons (Fsp3) is 0.618. The molecule has 3 aromatic heterocycles. The molecule has 0 spiro atoms. The second kappa shape index (κ2) is 17.7. The number of carbonyl (C=O) groups excluding carboxylic acids is 1. The Hall–Kier alpha value is -3.90. The Bertz CT molecular complexity index is 1550. The highest BCUT2D eigenvalue weighted by atomic mass is 35.5. The number of hydrogen-bond acceptors (Lipinski definition) is 13. The first kappa shape index (κ1) is 36.4. The molecule has 1 aliphatic heterocycles. The van der Waals surface area contributed by atoms with Gasteiger partial charge in [-0.15, -0.1) is 5.10 Å². The van der Waals surface area contributed by atoms with Crippen LogP contribution in [0.5, 0.6) is 0 Å². The van der Waals surface area contributed by atoms with E-state index in [0.29, 0.717) is 67.8 Å². The van der Waals surface area contributed by atoms with Crippen LogP contribution in [0, 0.1) is 22.7 Å². The van der Waals surface area contributed by atoms with Crippen molar-refractivity contribution in [1.29, 1.82) is 5.26 Å². The summed E-state index contributed by atoms with van der Waals surface area (Å²) in [4.78, 5) is 21.1. The van der Waals surface area contributed by atoms with Gasteiger partial charge in [-0.2, -0.15) is 9.94 Å². The first-order valence-electron chi connectivity index (χ1n) is 17.1. The number of halogens is 1. The third kappa shape index (κ3) is 10.3. The number of anilines is 1. The van der Waals surface area contributed by atoms with E-state index in [1.54, 1.807) is 20.0 Å². The first-order valence-corrected chi connectivity index (χ1v) is 17.4. The number of pyridine rings is 2. The van der Waals surface area contributed by atoms with Crippen molar-refractivity contribution in [2.45, 2.75) is 90.6 Å². The number of nitriles is 1. The zero-order chi connectivity index (χ0) is 34.6. The van der Waals surface area contributed by atoms with Crippen molar-refractivity contribution in [3.8, 4) is 17.3 Å². The summed E-state index contributed by atoms with van der Waals surface area (Å²) >= 11 is 6.62. The van der Waals surface area contributed by atoms with Crippen LogP contribution in [0.2, 0.25) is 5.02 Å². The summed E-state index contributed by atoms with van der Waals surface area (Å²) in [6.45, 7) is 8.10. The lowest BCUT2D eigenvalue weighted by atomic mass is 9.82. The van der Waals surface area contributed by atoms with Gasteiger partial charge in [-0.1, -0.05) is 17.7 Å². The quantitative estimate of drug-likeness (QED) is 0.191. The maximum absolute atomic E-state index is 11.6. The van der Waals surface area contributed by atoms with E-state index in [9.17, 15) is 10.1 Å². The van der Waals surface area contributed by atoms with Gasteiger partial charge in [-0.05, 0) is 100 Å². The molecule has 2 atom stereocenters. The number of tetrazole rings is 1. The standard InChI is InChI=1S/C34H46ClN9O5/c1-4-48-33(45)49-24(3)44-32(41-42-43-44)20-47-19-23(2)39-26-10-8-25(9-11-26)16-27-17-28(29(35)18-37-27)30-6-5-7-31(40-30)38-22-34(21-36)12-14-46-15-13-34/h5-7,17-18,23-26,39H,4,8-16,19-20,22H2,1-3H3,(H,38,40)/t23?,24-,25?,26?/m0/s1. The molecular formula is C34H46ClN9O5. The van der Waals surface area contributed by atoms with Crippen molar-refractivity contribution < 1.29 is 23.7 Å². The van der Waals surface area contributed by atoms with Crippen molar-refractivity contribution in [2.24, 2.45) is 11.3 Å². The number of hydrogen-bond donors (Lipinski definition) is 2. The van der Waals surface area contributed by atoms with Gasteiger partial charge >= 0.3 is 6.16 Å². The number of carbonyl (C=O) groups is 1. The third-order valence-corrected chi connectivity index (χ3v) is 9.43. The van der Waals surface area contributed by atoms with Gasteiger partial charge in [0.25, 0.3) is 0 Å². The molecule has 0 aromatic carbocycles. The van der Waals surface area contributed by atoms with Crippen LogP contribution in [0.15, 0.2) is 30.5 Å². The second-order valence-electron chi connectivity index (χ2n) is 12.9. The van der Waals surface area contributed by atoms with E-state index in [2.05, 4.69) is 50.2 Å². The van der Waals surface area contributed by atoms with Crippen LogP contribution < -0.4 is 10.6 Å². The minimum absolute atomic E-state index is 0.138. The third-order valence-electron chi connectivity index (χ3n) is 9.13. The van der Waals surface area contributed by atoms with Gasteiger partial charge in [0, 0.05) is 49.3 Å². The van der Waals surface area contributed by atoms with E-state index in [0.717, 1.165) is 49.1 Å². The van der Waals surface area contributed by atoms with E-state index in [4.69, 9.17) is 35.5 Å². The summed E-state index contributed by atoms with van der Waals surface area (Å²) in [6, 6.07) is 10.9. The number of rotatable bonds is 15. The molecule has 2 N–H and O–H groups in total. The Labute approximate surface area is 292 Å². The molecule has 1 aliphatic carbocycles. The smallest absolute Gasteiger partial charge is 0.435 e. The van der Waals surface area contributed by atoms with Crippen LogP contribution in [0.1, 0.15) is 77.0 Å². The summed E-state index contributed by atoms with van der Waals surface area (Å²) < 4.78 is 22.8. The summed E-state index contributed by atoms with van der Waals surface area (Å²) in [5.41, 5.74) is 2.20. The van der Waals surface area contributed by atoms with Gasteiger partial charge in [0.1, 0.15) is 12.4 Å². The highest BCUT2D eigenvalue weighted by Gasteiger charge is 2.32. The van der Waals surface area contributed by atoms with Crippen molar-refractivity contribution in [2.75, 3.05) is 38.3 Å². The molecule has 49 heavy (non-hydrogen) atoms. The lowest BCUT2D eigenvalue weighted by Crippen LogP contribution is -2.41. The SMILES string of the molecule is CCOC(=O)O[C@@H](C)n1nnnc1COCC(C)NC1CCC(Cc2cc(-c3cccc(NCC4(C#N)CCOCC4)n3)c(Cl)cn2)CC1. The van der Waals surface area contributed by atoms with Crippen molar-refractivity contribution in [3.05, 3.63) is 47.0 Å². The predicted molar refractivity (Wildman–Crippen MR) is 181 cm³/mol. The summed E-state index contributed by atoms with van der Waals surface area (Å²) in [5, 5.41) is 29.0. The van der Waals surface area contributed by atoms with Crippen molar-refractivity contribution in [3.63, 3.8) is 0 Å². The number of aromatic nitrogens is 6. The molecule has 4 heterocycles. The average molecular weight is 696 g/mol. The van der Waals surface area contributed by atoms with Gasteiger partial charge in [-0.25, -0.2) is 9.78 Å². The minimum Gasteiger partial charge on any atom is -0.435 e. The largest absolute Gasteiger partial charge is 0.510 e. The van der Waals surface area contributed by atoms with Crippen LogP contribution in [-0.4, -0.2) is 81.4 Å². The van der Waals surface area contributed by atoms with E-state index >= 15 is 0 Å². The molecule has 1 saturated heterocycles. The molecule has 14 nitrogen and oxygen atoms in total. The molecule has 3 aromatic rings. The number of nitrogens with one attached hydrogen (secondary N) is 2. The zero-order valence-corrected chi connectivity index (χ0v) is 29.2. The van der Waals surface area contributed by atoms with E-state index in [1.807, 2.05) is 18.2 Å². The molecule has 15 heteroatoms. The fourth-order valence-corrected chi connectivity index (χ4v) is 6.56. The normalized spacial score (nSPS) is 20.1. The van der Waals surface area contributed by atoms with Crippen molar-refractivity contribution in [1.82, 2.24) is 35.5 Å². The van der Waals surface area contributed by atoms with E-state index in [-0.39, 0.29) is 19.3 Å². The Kier molecular flexibility index (Phi) is 13.1. The summed E-state index contributed by atoms with van der Waals surface area (Å²) in [5.74, 6) is 1.71. The van der Waals surface area contributed by atoms with E-state index < -0.39 is 17.8 Å². The Morgan fingerprint density at radius 3 is 2.78 bits per heavy atom. The predicted octanol–water partition coefficient (Wildman–Crippen LogP) is 5.50. The minimum atomic E-state index is -0.774. The average Bonchev–Trinajstić information content (AvgIpc) is 3.58. The molecule has 1 saturated carbocycles. The fourth-order valence-electron chi connectivity index (χ4n) is 6.36. The lowest BCUT2D eigenvalue weighted by Gasteiger charge is -2.31. The second-order valence-corrected chi connectivity index (χ2v) is 13.3. The summed E-state index contributed by atoms with van der Waals surface area (Å²) in [7, 11) is 0.